The number of hydrogen-bond donors (Lipinski definition) is 1. The molecular weight excluding hydrogens is 428 g/mol. The minimum atomic E-state index is -0.523. The quantitative estimate of drug-likeness (QED) is 0.300. The average Bonchev–Trinajstić information content (AvgIpc) is 3.47. The van der Waals surface area contributed by atoms with Gasteiger partial charge in [0.2, 0.25) is 0 Å². The Labute approximate surface area is 188 Å². The first-order chi connectivity index (χ1) is 16.0. The fourth-order valence-corrected chi connectivity index (χ4v) is 3.12. The van der Waals surface area contributed by atoms with Crippen LogP contribution in [0.15, 0.2) is 77.5 Å². The number of nitrogens with one attached hydrogen (secondary N) is 1. The molecule has 0 unspecified atom stereocenters. The van der Waals surface area contributed by atoms with Gasteiger partial charge in [-0.2, -0.15) is 5.10 Å². The van der Waals surface area contributed by atoms with Crippen molar-refractivity contribution in [2.24, 2.45) is 0 Å². The van der Waals surface area contributed by atoms with Crippen molar-refractivity contribution in [3.05, 3.63) is 100 Å². The first-order valence-corrected chi connectivity index (χ1v) is 9.93. The Balaban J connectivity index is 1.35. The highest BCUT2D eigenvalue weighted by atomic mass is 16.6. The number of carbonyl (C=O) groups is 1. The molecule has 0 bridgehead atoms. The molecule has 4 aromatic rings. The van der Waals surface area contributed by atoms with E-state index in [1.165, 1.54) is 18.2 Å². The smallest absolute Gasteiger partial charge is 0.310 e. The molecule has 0 aliphatic heterocycles. The lowest BCUT2D eigenvalue weighted by Crippen LogP contribution is -2.10. The van der Waals surface area contributed by atoms with Crippen molar-refractivity contribution in [1.82, 2.24) is 9.78 Å². The van der Waals surface area contributed by atoms with Gasteiger partial charge in [-0.05, 0) is 35.9 Å². The lowest BCUT2D eigenvalue weighted by molar-refractivity contribution is -0.386. The van der Waals surface area contributed by atoms with Gasteiger partial charge in [-0.1, -0.05) is 24.3 Å². The summed E-state index contributed by atoms with van der Waals surface area (Å²) in [6, 6.07) is 16.8. The summed E-state index contributed by atoms with van der Waals surface area (Å²) >= 11 is 0. The van der Waals surface area contributed by atoms with Crippen LogP contribution in [0.3, 0.4) is 0 Å². The van der Waals surface area contributed by atoms with Crippen LogP contribution in [0.1, 0.15) is 21.9 Å². The number of carbonyl (C=O) groups excluding carboxylic acids is 1. The molecule has 0 aliphatic rings. The normalized spacial score (nSPS) is 10.6. The zero-order valence-electron chi connectivity index (χ0n) is 17.6. The molecule has 4 rings (SSSR count). The lowest BCUT2D eigenvalue weighted by Gasteiger charge is -2.05. The number of furan rings is 1. The Morgan fingerprint density at radius 3 is 2.85 bits per heavy atom. The van der Waals surface area contributed by atoms with Crippen molar-refractivity contribution in [3.63, 3.8) is 0 Å². The van der Waals surface area contributed by atoms with Crippen LogP contribution in [0.25, 0.3) is 0 Å². The molecule has 0 saturated heterocycles. The molecule has 0 spiro atoms. The first-order valence-electron chi connectivity index (χ1n) is 9.93. The number of benzene rings is 2. The number of hydrogen-bond acceptors (Lipinski definition) is 7. The number of para-hydroxylation sites is 2. The van der Waals surface area contributed by atoms with Gasteiger partial charge in [-0.25, -0.2) is 0 Å². The highest BCUT2D eigenvalue weighted by Crippen LogP contribution is 2.27. The zero-order valence-corrected chi connectivity index (χ0v) is 17.6. The Bertz CT molecular complexity index is 1280. The third-order valence-corrected chi connectivity index (χ3v) is 4.69. The molecule has 168 valence electrons. The fraction of sp³-hybridized carbons (Fsp3) is 0.130. The van der Waals surface area contributed by atoms with Gasteiger partial charge in [0, 0.05) is 12.3 Å². The number of rotatable bonds is 9. The van der Waals surface area contributed by atoms with Crippen molar-refractivity contribution in [1.29, 1.82) is 0 Å². The second-order valence-electron chi connectivity index (χ2n) is 7.01. The van der Waals surface area contributed by atoms with E-state index < -0.39 is 10.8 Å². The van der Waals surface area contributed by atoms with E-state index in [4.69, 9.17) is 13.9 Å². The monoisotopic (exact) mass is 448 g/mol. The third-order valence-electron chi connectivity index (χ3n) is 4.69. The topological polar surface area (TPSA) is 122 Å². The Morgan fingerprint density at radius 2 is 2.03 bits per heavy atom. The maximum atomic E-state index is 12.5. The predicted octanol–water partition coefficient (Wildman–Crippen LogP) is 4.27. The maximum Gasteiger partial charge on any atom is 0.310 e. The average molecular weight is 448 g/mol. The second kappa shape index (κ2) is 9.69. The van der Waals surface area contributed by atoms with Crippen LogP contribution in [0, 0.1) is 10.1 Å². The molecule has 0 aliphatic carbocycles. The molecule has 2 aromatic carbocycles. The van der Waals surface area contributed by atoms with Crippen molar-refractivity contribution in [3.8, 4) is 11.5 Å². The molecule has 2 heterocycles. The first kappa shape index (κ1) is 21.6. The van der Waals surface area contributed by atoms with E-state index in [1.54, 1.807) is 42.4 Å². The molecule has 33 heavy (non-hydrogen) atoms. The molecular formula is C23H20N4O6. The molecule has 1 N–H and O–H groups in total. The number of nitrogens with zero attached hydrogens (tertiary/aromatic N) is 3. The number of methoxy groups -OCH3 is 1. The molecule has 1 amide bonds. The van der Waals surface area contributed by atoms with Gasteiger partial charge in [0.1, 0.15) is 18.1 Å². The largest absolute Gasteiger partial charge is 0.497 e. The second-order valence-corrected chi connectivity index (χ2v) is 7.01. The van der Waals surface area contributed by atoms with Crippen molar-refractivity contribution in [2.75, 3.05) is 12.4 Å². The Morgan fingerprint density at radius 1 is 1.18 bits per heavy atom. The van der Waals surface area contributed by atoms with Crippen LogP contribution in [-0.4, -0.2) is 27.7 Å². The van der Waals surface area contributed by atoms with E-state index in [9.17, 15) is 14.9 Å². The van der Waals surface area contributed by atoms with E-state index in [-0.39, 0.29) is 23.8 Å². The molecule has 0 atom stereocenters. The minimum absolute atomic E-state index is 0.0589. The summed E-state index contributed by atoms with van der Waals surface area (Å²) in [6.45, 7) is 0.456. The molecule has 0 radical (unpaired) electrons. The highest BCUT2D eigenvalue weighted by Gasteiger charge is 2.16. The van der Waals surface area contributed by atoms with E-state index in [2.05, 4.69) is 10.4 Å². The van der Waals surface area contributed by atoms with Gasteiger partial charge in [-0.3, -0.25) is 19.6 Å². The predicted molar refractivity (Wildman–Crippen MR) is 118 cm³/mol. The summed E-state index contributed by atoms with van der Waals surface area (Å²) in [5.74, 6) is 0.859. The van der Waals surface area contributed by atoms with Crippen LogP contribution in [0.5, 0.6) is 11.5 Å². The summed E-state index contributed by atoms with van der Waals surface area (Å²) in [6.07, 6.45) is 3.25. The van der Waals surface area contributed by atoms with E-state index >= 15 is 0 Å². The lowest BCUT2D eigenvalue weighted by atomic mass is 10.2. The van der Waals surface area contributed by atoms with Crippen LogP contribution in [0.4, 0.5) is 11.4 Å². The SMILES string of the molecule is COc1cccc(Cn2cc(NC(=O)c3ccc(COc4ccccc4[N+](=O)[O-])o3)cn2)c1. The summed E-state index contributed by atoms with van der Waals surface area (Å²) in [5.41, 5.74) is 1.37. The van der Waals surface area contributed by atoms with Crippen molar-refractivity contribution < 1.29 is 23.6 Å². The van der Waals surface area contributed by atoms with Gasteiger partial charge in [0.05, 0.1) is 30.5 Å². The highest BCUT2D eigenvalue weighted by molar-refractivity contribution is 6.02. The number of nitro groups is 1. The number of ether oxygens (including phenoxy) is 2. The van der Waals surface area contributed by atoms with Gasteiger partial charge in [0.15, 0.2) is 11.5 Å². The summed E-state index contributed by atoms with van der Waals surface area (Å²) < 4.78 is 17.9. The van der Waals surface area contributed by atoms with Crippen LogP contribution in [0.2, 0.25) is 0 Å². The van der Waals surface area contributed by atoms with Gasteiger partial charge in [-0.15, -0.1) is 0 Å². The molecule has 0 saturated carbocycles. The minimum Gasteiger partial charge on any atom is -0.497 e. The van der Waals surface area contributed by atoms with Crippen LogP contribution in [-0.2, 0) is 13.2 Å². The van der Waals surface area contributed by atoms with Crippen molar-refractivity contribution >= 4 is 17.3 Å². The Kier molecular flexibility index (Phi) is 6.35. The van der Waals surface area contributed by atoms with E-state index in [0.29, 0.717) is 18.0 Å². The van der Waals surface area contributed by atoms with Gasteiger partial charge in [0.25, 0.3) is 5.91 Å². The van der Waals surface area contributed by atoms with E-state index in [1.807, 2.05) is 24.3 Å². The van der Waals surface area contributed by atoms with E-state index in [0.717, 1.165) is 11.3 Å². The van der Waals surface area contributed by atoms with Crippen molar-refractivity contribution in [2.45, 2.75) is 13.2 Å². The fourth-order valence-electron chi connectivity index (χ4n) is 3.12. The van der Waals surface area contributed by atoms with Crippen LogP contribution >= 0.6 is 0 Å². The molecule has 2 aromatic heterocycles. The molecule has 10 nitrogen and oxygen atoms in total. The standard InChI is InChI=1S/C23H20N4O6/c1-31-18-6-4-5-16(11-18)13-26-14-17(12-24-26)25-23(28)22-10-9-19(33-22)15-32-21-8-3-2-7-20(21)27(29)30/h2-12,14H,13,15H2,1H3,(H,25,28). The maximum absolute atomic E-state index is 12.5. The van der Waals surface area contributed by atoms with Crippen LogP contribution < -0.4 is 14.8 Å². The molecule has 10 heteroatoms. The summed E-state index contributed by atoms with van der Waals surface area (Å²) in [5, 5.41) is 18.1. The number of anilines is 1. The zero-order chi connectivity index (χ0) is 23.2. The Hall–Kier alpha value is -4.60. The number of aromatic nitrogens is 2. The number of amides is 1. The third kappa shape index (κ3) is 5.37. The molecule has 0 fully saturated rings. The number of nitro benzene ring substituents is 1. The summed E-state index contributed by atoms with van der Waals surface area (Å²) in [4.78, 5) is 23.1. The summed E-state index contributed by atoms with van der Waals surface area (Å²) in [7, 11) is 1.61. The van der Waals surface area contributed by atoms with Gasteiger partial charge >= 0.3 is 5.69 Å². The van der Waals surface area contributed by atoms with Gasteiger partial charge < -0.3 is 19.2 Å².